The molecule has 0 amide bonds. The van der Waals surface area contributed by atoms with E-state index in [4.69, 9.17) is 5.11 Å². The predicted octanol–water partition coefficient (Wildman–Crippen LogP) is 4.71. The Morgan fingerprint density at radius 2 is 1.85 bits per heavy atom. The van der Waals surface area contributed by atoms with Gasteiger partial charge in [0.05, 0.1) is 11.4 Å². The first-order chi connectivity index (χ1) is 12.9. The number of carbonyl (C=O) groups is 1. The summed E-state index contributed by atoms with van der Waals surface area (Å²) in [5, 5.41) is 9.01. The van der Waals surface area contributed by atoms with Gasteiger partial charge in [-0.05, 0) is 49.9 Å². The summed E-state index contributed by atoms with van der Waals surface area (Å²) in [6.07, 6.45) is -1.91. The number of halogens is 3. The number of hydrogen-bond donors (Lipinski definition) is 1. The Morgan fingerprint density at radius 3 is 2.44 bits per heavy atom. The molecular formula is C20H22F3NO2S. The molecule has 0 unspecified atom stereocenters. The summed E-state index contributed by atoms with van der Waals surface area (Å²) in [6.45, 7) is 1.78. The van der Waals surface area contributed by atoms with E-state index in [1.807, 2.05) is 4.90 Å². The highest BCUT2D eigenvalue weighted by molar-refractivity contribution is 7.14. The molecule has 0 atom stereocenters. The molecule has 3 rings (SSSR count). The molecule has 27 heavy (non-hydrogen) atoms. The Labute approximate surface area is 160 Å². The molecule has 0 saturated carbocycles. The van der Waals surface area contributed by atoms with E-state index < -0.39 is 11.1 Å². The van der Waals surface area contributed by atoms with Crippen molar-refractivity contribution < 1.29 is 23.1 Å². The van der Waals surface area contributed by atoms with Crippen LogP contribution in [0.4, 0.5) is 13.2 Å². The molecule has 1 aromatic carbocycles. The van der Waals surface area contributed by atoms with E-state index in [0.29, 0.717) is 22.8 Å². The van der Waals surface area contributed by atoms with Crippen LogP contribution in [0.15, 0.2) is 36.4 Å². The molecule has 0 bridgehead atoms. The Kier molecular flexibility index (Phi) is 6.34. The van der Waals surface area contributed by atoms with E-state index in [1.165, 1.54) is 6.07 Å². The van der Waals surface area contributed by atoms with Crippen molar-refractivity contribution >= 4 is 17.1 Å². The second-order valence-corrected chi connectivity index (χ2v) is 7.92. The first-order valence-electron chi connectivity index (χ1n) is 9.01. The zero-order chi connectivity index (χ0) is 19.4. The SMILES string of the molecule is O=C(CN1CCC(CCO)CC1)c1cc(-c2ccccc2)c(C(F)(F)F)s1. The first-order valence-corrected chi connectivity index (χ1v) is 9.83. The van der Waals surface area contributed by atoms with Crippen LogP contribution in [-0.4, -0.2) is 42.0 Å². The molecule has 1 aliphatic heterocycles. The summed E-state index contributed by atoms with van der Waals surface area (Å²) in [5.74, 6) is 0.192. The number of likely N-dealkylation sites (tertiary alicyclic amines) is 1. The Hall–Kier alpha value is -1.70. The van der Waals surface area contributed by atoms with Gasteiger partial charge in [-0.2, -0.15) is 13.2 Å². The normalized spacial score (nSPS) is 16.6. The summed E-state index contributed by atoms with van der Waals surface area (Å²) < 4.78 is 40.4. The molecule has 2 heterocycles. The average Bonchev–Trinajstić information content (AvgIpc) is 3.10. The minimum Gasteiger partial charge on any atom is -0.396 e. The second kappa shape index (κ2) is 8.54. The van der Waals surface area contributed by atoms with Gasteiger partial charge in [-0.3, -0.25) is 9.69 Å². The minimum atomic E-state index is -4.49. The fourth-order valence-electron chi connectivity index (χ4n) is 3.47. The van der Waals surface area contributed by atoms with Crippen molar-refractivity contribution in [2.24, 2.45) is 5.92 Å². The molecule has 146 valence electrons. The van der Waals surface area contributed by atoms with Crippen LogP contribution in [0.3, 0.4) is 0 Å². The molecule has 1 N–H and O–H groups in total. The number of piperidine rings is 1. The number of nitrogens with zero attached hydrogens (tertiary/aromatic N) is 1. The maximum atomic E-state index is 13.5. The average molecular weight is 397 g/mol. The lowest BCUT2D eigenvalue weighted by molar-refractivity contribution is -0.133. The van der Waals surface area contributed by atoms with Crippen molar-refractivity contribution in [3.05, 3.63) is 46.2 Å². The van der Waals surface area contributed by atoms with Crippen LogP contribution >= 0.6 is 11.3 Å². The second-order valence-electron chi connectivity index (χ2n) is 6.87. The van der Waals surface area contributed by atoms with E-state index >= 15 is 0 Å². The van der Waals surface area contributed by atoms with Crippen molar-refractivity contribution in [1.82, 2.24) is 4.90 Å². The van der Waals surface area contributed by atoms with Gasteiger partial charge in [-0.15, -0.1) is 11.3 Å². The maximum Gasteiger partial charge on any atom is 0.426 e. The number of hydrogen-bond acceptors (Lipinski definition) is 4. The lowest BCUT2D eigenvalue weighted by Crippen LogP contribution is -2.37. The van der Waals surface area contributed by atoms with Crippen LogP contribution in [0, 0.1) is 5.92 Å². The summed E-state index contributed by atoms with van der Waals surface area (Å²) >= 11 is 0.532. The van der Waals surface area contributed by atoms with Crippen LogP contribution in [0.5, 0.6) is 0 Å². The molecular weight excluding hydrogens is 375 g/mol. The van der Waals surface area contributed by atoms with Crippen molar-refractivity contribution in [3.63, 3.8) is 0 Å². The van der Waals surface area contributed by atoms with Gasteiger partial charge in [0.1, 0.15) is 4.88 Å². The molecule has 1 aliphatic rings. The number of aliphatic hydroxyl groups is 1. The van der Waals surface area contributed by atoms with Crippen LogP contribution in [-0.2, 0) is 6.18 Å². The lowest BCUT2D eigenvalue weighted by Gasteiger charge is -2.31. The topological polar surface area (TPSA) is 40.5 Å². The van der Waals surface area contributed by atoms with Gasteiger partial charge in [0, 0.05) is 12.2 Å². The smallest absolute Gasteiger partial charge is 0.396 e. The molecule has 7 heteroatoms. The highest BCUT2D eigenvalue weighted by Gasteiger charge is 2.37. The van der Waals surface area contributed by atoms with Gasteiger partial charge in [0.2, 0.25) is 0 Å². The van der Waals surface area contributed by atoms with Crippen molar-refractivity contribution in [1.29, 1.82) is 0 Å². The number of aliphatic hydroxyl groups excluding tert-OH is 1. The predicted molar refractivity (Wildman–Crippen MR) is 100.0 cm³/mol. The Balaban J connectivity index is 1.75. The molecule has 1 aromatic heterocycles. The standard InChI is InChI=1S/C20H22F3NO2S/c21-20(22,23)19-16(15-4-2-1-3-5-15)12-18(27-19)17(26)13-24-9-6-14(7-10-24)8-11-25/h1-5,12,14,25H,6-11,13H2. The summed E-state index contributed by atoms with van der Waals surface area (Å²) in [5.41, 5.74) is 0.531. The Bertz CT molecular complexity index is 765. The number of Topliss-reactive ketones (excluding diaryl/α,β-unsaturated/α-hetero) is 1. The third kappa shape index (κ3) is 4.97. The zero-order valence-corrected chi connectivity index (χ0v) is 15.7. The van der Waals surface area contributed by atoms with Crippen LogP contribution in [0.2, 0.25) is 0 Å². The highest BCUT2D eigenvalue weighted by Crippen LogP contribution is 2.43. The number of carbonyl (C=O) groups excluding carboxylic acids is 1. The number of thiophene rings is 1. The Morgan fingerprint density at radius 1 is 1.19 bits per heavy atom. The number of benzene rings is 1. The molecule has 0 spiro atoms. The first kappa shape index (κ1) is 20.0. The lowest BCUT2D eigenvalue weighted by atomic mass is 9.94. The van der Waals surface area contributed by atoms with Crippen LogP contribution in [0.25, 0.3) is 11.1 Å². The fraction of sp³-hybridized carbons (Fsp3) is 0.450. The van der Waals surface area contributed by atoms with E-state index in [-0.39, 0.29) is 29.4 Å². The van der Waals surface area contributed by atoms with Crippen LogP contribution < -0.4 is 0 Å². The third-order valence-electron chi connectivity index (χ3n) is 4.96. The molecule has 0 aliphatic carbocycles. The number of ketones is 1. The van der Waals surface area contributed by atoms with Gasteiger partial charge < -0.3 is 5.11 Å². The van der Waals surface area contributed by atoms with Gasteiger partial charge >= 0.3 is 6.18 Å². The summed E-state index contributed by atoms with van der Waals surface area (Å²) in [6, 6.07) is 9.74. The third-order valence-corrected chi connectivity index (χ3v) is 6.18. The van der Waals surface area contributed by atoms with E-state index in [2.05, 4.69) is 0 Å². The highest BCUT2D eigenvalue weighted by atomic mass is 32.1. The van der Waals surface area contributed by atoms with Crippen molar-refractivity contribution in [2.75, 3.05) is 26.2 Å². The summed E-state index contributed by atoms with van der Waals surface area (Å²) in [7, 11) is 0. The fourth-order valence-corrected chi connectivity index (χ4v) is 4.45. The molecule has 3 nitrogen and oxygen atoms in total. The van der Waals surface area contributed by atoms with Gasteiger partial charge in [0.25, 0.3) is 0 Å². The molecule has 1 saturated heterocycles. The van der Waals surface area contributed by atoms with E-state index in [1.54, 1.807) is 30.3 Å². The van der Waals surface area contributed by atoms with Crippen molar-refractivity contribution in [2.45, 2.75) is 25.4 Å². The molecule has 2 aromatic rings. The number of rotatable bonds is 6. The minimum absolute atomic E-state index is 0.0677. The summed E-state index contributed by atoms with van der Waals surface area (Å²) in [4.78, 5) is 14.0. The number of alkyl halides is 3. The van der Waals surface area contributed by atoms with E-state index in [0.717, 1.165) is 32.4 Å². The molecule has 1 fully saturated rings. The van der Waals surface area contributed by atoms with Gasteiger partial charge in [0.15, 0.2) is 5.78 Å². The van der Waals surface area contributed by atoms with Crippen molar-refractivity contribution in [3.8, 4) is 11.1 Å². The largest absolute Gasteiger partial charge is 0.426 e. The molecule has 0 radical (unpaired) electrons. The monoisotopic (exact) mass is 397 g/mol. The zero-order valence-electron chi connectivity index (χ0n) is 14.8. The maximum absolute atomic E-state index is 13.5. The van der Waals surface area contributed by atoms with Gasteiger partial charge in [-0.1, -0.05) is 30.3 Å². The quantitative estimate of drug-likeness (QED) is 0.718. The van der Waals surface area contributed by atoms with Gasteiger partial charge in [-0.25, -0.2) is 0 Å². The van der Waals surface area contributed by atoms with E-state index in [9.17, 15) is 18.0 Å². The van der Waals surface area contributed by atoms with Crippen LogP contribution in [0.1, 0.15) is 33.8 Å².